The SMILES string of the molecule is O=C(c1cnc2ccccn2c1=O)N1CCN(CCc2ccccc2)CC1. The standard InChI is InChI=1S/C21H22N4O2/c26-20(18-16-22-19-8-4-5-10-25(19)21(18)27)24-14-12-23(13-15-24)11-9-17-6-2-1-3-7-17/h1-8,10,16H,9,11-15H2. The molecule has 1 aliphatic heterocycles. The van der Waals surface area contributed by atoms with Crippen molar-refractivity contribution in [2.75, 3.05) is 32.7 Å². The van der Waals surface area contributed by atoms with E-state index in [-0.39, 0.29) is 17.0 Å². The number of nitrogens with zero attached hydrogens (tertiary/aromatic N) is 4. The Morgan fingerprint density at radius 1 is 0.963 bits per heavy atom. The third kappa shape index (κ3) is 3.75. The molecule has 27 heavy (non-hydrogen) atoms. The van der Waals surface area contributed by atoms with Gasteiger partial charge < -0.3 is 4.90 Å². The Morgan fingerprint density at radius 3 is 2.48 bits per heavy atom. The van der Waals surface area contributed by atoms with Crippen LogP contribution in [0.5, 0.6) is 0 Å². The molecule has 4 rings (SSSR count). The number of aromatic nitrogens is 2. The summed E-state index contributed by atoms with van der Waals surface area (Å²) >= 11 is 0. The number of hydrogen-bond donors (Lipinski definition) is 0. The van der Waals surface area contributed by atoms with Crippen LogP contribution in [0.3, 0.4) is 0 Å². The van der Waals surface area contributed by atoms with Gasteiger partial charge in [0.05, 0.1) is 0 Å². The Labute approximate surface area is 157 Å². The molecule has 1 aliphatic rings. The summed E-state index contributed by atoms with van der Waals surface area (Å²) in [5.74, 6) is -0.228. The third-order valence-corrected chi connectivity index (χ3v) is 5.06. The fourth-order valence-corrected chi connectivity index (χ4v) is 3.45. The Morgan fingerprint density at radius 2 is 1.70 bits per heavy atom. The highest BCUT2D eigenvalue weighted by Gasteiger charge is 2.24. The average molecular weight is 362 g/mol. The van der Waals surface area contributed by atoms with Gasteiger partial charge in [-0.2, -0.15) is 0 Å². The molecular formula is C21H22N4O2. The minimum absolute atomic E-state index is 0.136. The smallest absolute Gasteiger partial charge is 0.270 e. The molecule has 6 heteroatoms. The molecule has 3 heterocycles. The van der Waals surface area contributed by atoms with Crippen LogP contribution in [-0.2, 0) is 6.42 Å². The molecule has 0 aliphatic carbocycles. The summed E-state index contributed by atoms with van der Waals surface area (Å²) in [6, 6.07) is 15.7. The van der Waals surface area contributed by atoms with E-state index in [0.29, 0.717) is 18.7 Å². The zero-order valence-corrected chi connectivity index (χ0v) is 15.1. The Hall–Kier alpha value is -2.99. The van der Waals surface area contributed by atoms with Crippen LogP contribution in [0.4, 0.5) is 0 Å². The quantitative estimate of drug-likeness (QED) is 0.709. The van der Waals surface area contributed by atoms with Gasteiger partial charge in [-0.05, 0) is 24.1 Å². The molecule has 0 spiro atoms. The van der Waals surface area contributed by atoms with Crippen molar-refractivity contribution in [1.29, 1.82) is 0 Å². The molecule has 138 valence electrons. The Kier molecular flexibility index (Phi) is 4.98. The van der Waals surface area contributed by atoms with Crippen molar-refractivity contribution in [3.05, 3.63) is 82.4 Å². The van der Waals surface area contributed by atoms with E-state index in [9.17, 15) is 9.59 Å². The van der Waals surface area contributed by atoms with Crippen LogP contribution in [-0.4, -0.2) is 57.8 Å². The normalized spacial score (nSPS) is 15.2. The van der Waals surface area contributed by atoms with Gasteiger partial charge in [-0.15, -0.1) is 0 Å². The topological polar surface area (TPSA) is 57.9 Å². The minimum Gasteiger partial charge on any atom is -0.336 e. The number of piperazine rings is 1. The second-order valence-electron chi connectivity index (χ2n) is 6.78. The largest absolute Gasteiger partial charge is 0.336 e. The van der Waals surface area contributed by atoms with Gasteiger partial charge in [0.2, 0.25) is 0 Å². The van der Waals surface area contributed by atoms with Gasteiger partial charge in [0.1, 0.15) is 11.2 Å². The van der Waals surface area contributed by atoms with E-state index in [0.717, 1.165) is 26.1 Å². The minimum atomic E-state index is -0.308. The fraction of sp³-hybridized carbons (Fsp3) is 0.286. The molecule has 1 aromatic carbocycles. The second kappa shape index (κ2) is 7.72. The highest BCUT2D eigenvalue weighted by atomic mass is 16.2. The molecule has 0 unspecified atom stereocenters. The van der Waals surface area contributed by atoms with Crippen molar-refractivity contribution >= 4 is 11.6 Å². The van der Waals surface area contributed by atoms with Crippen LogP contribution in [0.2, 0.25) is 0 Å². The van der Waals surface area contributed by atoms with Crippen molar-refractivity contribution in [3.8, 4) is 0 Å². The maximum absolute atomic E-state index is 12.8. The first-order valence-electron chi connectivity index (χ1n) is 9.24. The van der Waals surface area contributed by atoms with Crippen molar-refractivity contribution in [1.82, 2.24) is 19.2 Å². The van der Waals surface area contributed by atoms with Crippen LogP contribution in [0, 0.1) is 0 Å². The first-order valence-corrected chi connectivity index (χ1v) is 9.24. The molecule has 0 radical (unpaired) electrons. The summed E-state index contributed by atoms with van der Waals surface area (Å²) in [6.45, 7) is 3.88. The molecule has 3 aromatic rings. The van der Waals surface area contributed by atoms with Gasteiger partial charge in [0.25, 0.3) is 11.5 Å². The van der Waals surface area contributed by atoms with Gasteiger partial charge in [0, 0.05) is 45.1 Å². The number of benzene rings is 1. The van der Waals surface area contributed by atoms with Crippen molar-refractivity contribution in [2.45, 2.75) is 6.42 Å². The monoisotopic (exact) mass is 362 g/mol. The summed E-state index contributed by atoms with van der Waals surface area (Å²) in [5, 5.41) is 0. The highest BCUT2D eigenvalue weighted by Crippen LogP contribution is 2.08. The summed E-state index contributed by atoms with van der Waals surface area (Å²) < 4.78 is 1.42. The molecule has 0 bridgehead atoms. The van der Waals surface area contributed by atoms with E-state index in [4.69, 9.17) is 0 Å². The number of hydrogen-bond acceptors (Lipinski definition) is 4. The maximum atomic E-state index is 12.8. The molecule has 2 aromatic heterocycles. The number of carbonyl (C=O) groups is 1. The van der Waals surface area contributed by atoms with Gasteiger partial charge in [-0.1, -0.05) is 36.4 Å². The van der Waals surface area contributed by atoms with Crippen LogP contribution in [0.25, 0.3) is 5.65 Å². The van der Waals surface area contributed by atoms with E-state index in [1.807, 2.05) is 12.1 Å². The first kappa shape index (κ1) is 17.4. The van der Waals surface area contributed by atoms with Gasteiger partial charge >= 0.3 is 0 Å². The van der Waals surface area contributed by atoms with Crippen molar-refractivity contribution in [3.63, 3.8) is 0 Å². The van der Waals surface area contributed by atoms with Gasteiger partial charge in [-0.3, -0.25) is 18.9 Å². The van der Waals surface area contributed by atoms with E-state index in [1.165, 1.54) is 16.2 Å². The number of pyridine rings is 1. The number of rotatable bonds is 4. The molecule has 6 nitrogen and oxygen atoms in total. The van der Waals surface area contributed by atoms with E-state index < -0.39 is 0 Å². The predicted molar refractivity (Wildman–Crippen MR) is 104 cm³/mol. The number of fused-ring (bicyclic) bond motifs is 1. The van der Waals surface area contributed by atoms with E-state index >= 15 is 0 Å². The summed E-state index contributed by atoms with van der Waals surface area (Å²) in [7, 11) is 0. The molecule has 1 fully saturated rings. The molecule has 0 N–H and O–H groups in total. The first-order chi connectivity index (χ1) is 13.2. The van der Waals surface area contributed by atoms with Crippen molar-refractivity contribution in [2.24, 2.45) is 0 Å². The van der Waals surface area contributed by atoms with E-state index in [2.05, 4.69) is 34.1 Å². The zero-order chi connectivity index (χ0) is 18.6. The predicted octanol–water partition coefficient (Wildman–Crippen LogP) is 1.70. The molecule has 0 atom stereocenters. The maximum Gasteiger partial charge on any atom is 0.270 e. The van der Waals surface area contributed by atoms with E-state index in [1.54, 1.807) is 23.2 Å². The lowest BCUT2D eigenvalue weighted by molar-refractivity contribution is 0.0636. The summed E-state index contributed by atoms with van der Waals surface area (Å²) in [6.07, 6.45) is 4.05. The molecule has 0 saturated carbocycles. The zero-order valence-electron chi connectivity index (χ0n) is 15.1. The summed E-state index contributed by atoms with van der Waals surface area (Å²) in [5.41, 5.74) is 1.70. The Bertz CT molecular complexity index is 992. The second-order valence-corrected chi connectivity index (χ2v) is 6.78. The summed E-state index contributed by atoms with van der Waals surface area (Å²) in [4.78, 5) is 33.8. The van der Waals surface area contributed by atoms with Crippen LogP contribution in [0.1, 0.15) is 15.9 Å². The fourth-order valence-electron chi connectivity index (χ4n) is 3.45. The third-order valence-electron chi connectivity index (χ3n) is 5.06. The van der Waals surface area contributed by atoms with Crippen LogP contribution in [0.15, 0.2) is 65.7 Å². The molecular weight excluding hydrogens is 340 g/mol. The highest BCUT2D eigenvalue weighted by molar-refractivity contribution is 5.93. The van der Waals surface area contributed by atoms with Crippen LogP contribution < -0.4 is 5.56 Å². The number of carbonyl (C=O) groups excluding carboxylic acids is 1. The lowest BCUT2D eigenvalue weighted by Crippen LogP contribution is -2.50. The lowest BCUT2D eigenvalue weighted by Gasteiger charge is -2.34. The molecule has 1 saturated heterocycles. The van der Waals surface area contributed by atoms with Crippen LogP contribution >= 0.6 is 0 Å². The number of amides is 1. The van der Waals surface area contributed by atoms with Gasteiger partial charge in [0.15, 0.2) is 0 Å². The lowest BCUT2D eigenvalue weighted by atomic mass is 10.1. The van der Waals surface area contributed by atoms with Gasteiger partial charge in [-0.25, -0.2) is 4.98 Å². The van der Waals surface area contributed by atoms with Crippen molar-refractivity contribution < 1.29 is 4.79 Å². The average Bonchev–Trinajstić information content (AvgIpc) is 2.73. The Balaban J connectivity index is 1.39. The molecule has 1 amide bonds.